The monoisotopic (exact) mass is 380 g/mol. The number of aryl methyl sites for hydroxylation is 1. The molecular weight excluding hydrogens is 360 g/mol. The van der Waals surface area contributed by atoms with Gasteiger partial charge in [0.15, 0.2) is 11.5 Å². The zero-order valence-corrected chi connectivity index (χ0v) is 15.9. The molecule has 2 aliphatic heterocycles. The molecule has 0 saturated carbocycles. The van der Waals surface area contributed by atoms with Crippen molar-refractivity contribution in [2.45, 2.75) is 26.4 Å². The SMILES string of the molecule is Cc1ccsc1CN1CCc2nc(Nc3ccc4c(c3)OCO4)ncc2C1. The third-order valence-electron chi connectivity index (χ3n) is 4.98. The van der Waals surface area contributed by atoms with Gasteiger partial charge in [-0.2, -0.15) is 0 Å². The molecule has 0 spiro atoms. The molecule has 0 radical (unpaired) electrons. The van der Waals surface area contributed by atoms with Crippen molar-refractivity contribution >= 4 is 23.0 Å². The van der Waals surface area contributed by atoms with Crippen LogP contribution in [0.1, 0.15) is 21.7 Å². The maximum Gasteiger partial charge on any atom is 0.231 e. The van der Waals surface area contributed by atoms with Crippen LogP contribution in [0.3, 0.4) is 0 Å². The lowest BCUT2D eigenvalue weighted by molar-refractivity contribution is 0.174. The first-order valence-corrected chi connectivity index (χ1v) is 9.89. The average Bonchev–Trinajstić information content (AvgIpc) is 3.30. The minimum absolute atomic E-state index is 0.273. The number of thiophene rings is 1. The number of benzene rings is 1. The minimum atomic E-state index is 0.273. The molecule has 5 rings (SSSR count). The highest BCUT2D eigenvalue weighted by Crippen LogP contribution is 2.35. The Bertz CT molecular complexity index is 988. The molecule has 6 nitrogen and oxygen atoms in total. The van der Waals surface area contributed by atoms with Gasteiger partial charge in [-0.15, -0.1) is 11.3 Å². The Kier molecular flexibility index (Phi) is 4.18. The zero-order chi connectivity index (χ0) is 18.2. The molecule has 0 atom stereocenters. The largest absolute Gasteiger partial charge is 0.454 e. The van der Waals surface area contributed by atoms with Crippen LogP contribution in [0.2, 0.25) is 0 Å². The molecule has 27 heavy (non-hydrogen) atoms. The van der Waals surface area contributed by atoms with Crippen LogP contribution >= 0.6 is 11.3 Å². The summed E-state index contributed by atoms with van der Waals surface area (Å²) in [5, 5.41) is 5.44. The maximum atomic E-state index is 5.42. The van der Waals surface area contributed by atoms with E-state index < -0.39 is 0 Å². The van der Waals surface area contributed by atoms with Gasteiger partial charge in [0.1, 0.15) is 0 Å². The molecule has 0 aliphatic carbocycles. The molecule has 7 heteroatoms. The molecule has 0 amide bonds. The summed E-state index contributed by atoms with van der Waals surface area (Å²) in [4.78, 5) is 13.2. The summed E-state index contributed by atoms with van der Waals surface area (Å²) >= 11 is 1.83. The molecule has 4 heterocycles. The van der Waals surface area contributed by atoms with Crippen LogP contribution in [0.25, 0.3) is 0 Å². The topological polar surface area (TPSA) is 59.5 Å². The second kappa shape index (κ2) is 6.83. The molecule has 3 aromatic rings. The molecule has 0 saturated heterocycles. The van der Waals surface area contributed by atoms with E-state index in [0.29, 0.717) is 5.95 Å². The Morgan fingerprint density at radius 2 is 2.15 bits per heavy atom. The second-order valence-corrected chi connectivity index (χ2v) is 7.85. The second-order valence-electron chi connectivity index (χ2n) is 6.85. The van der Waals surface area contributed by atoms with E-state index in [9.17, 15) is 0 Å². The lowest BCUT2D eigenvalue weighted by Gasteiger charge is -2.27. The average molecular weight is 380 g/mol. The van der Waals surface area contributed by atoms with Gasteiger partial charge < -0.3 is 14.8 Å². The Labute approximate surface area is 161 Å². The van der Waals surface area contributed by atoms with E-state index in [-0.39, 0.29) is 6.79 Å². The van der Waals surface area contributed by atoms with Gasteiger partial charge in [-0.05, 0) is 36.1 Å². The standard InChI is InChI=1S/C20H20N4O2S/c1-13-5-7-27-19(13)11-24-6-4-16-14(10-24)9-21-20(23-16)22-15-2-3-17-18(8-15)26-12-25-17/h2-3,5,7-9H,4,6,10-12H2,1H3,(H,21,22,23). The summed E-state index contributed by atoms with van der Waals surface area (Å²) in [7, 11) is 0. The number of ether oxygens (including phenoxy) is 2. The van der Waals surface area contributed by atoms with Crippen LogP contribution in [-0.2, 0) is 19.5 Å². The van der Waals surface area contributed by atoms with Crippen LogP contribution in [0.4, 0.5) is 11.6 Å². The fourth-order valence-electron chi connectivity index (χ4n) is 3.44. The summed E-state index contributed by atoms with van der Waals surface area (Å²) < 4.78 is 10.8. The van der Waals surface area contributed by atoms with Crippen molar-refractivity contribution in [1.82, 2.24) is 14.9 Å². The first-order chi connectivity index (χ1) is 13.2. The molecule has 0 unspecified atom stereocenters. The van der Waals surface area contributed by atoms with Crippen LogP contribution in [0.15, 0.2) is 35.8 Å². The number of nitrogens with zero attached hydrogens (tertiary/aromatic N) is 3. The third kappa shape index (κ3) is 3.36. The van der Waals surface area contributed by atoms with Gasteiger partial charge in [0.2, 0.25) is 12.7 Å². The van der Waals surface area contributed by atoms with Crippen molar-refractivity contribution in [3.63, 3.8) is 0 Å². The van der Waals surface area contributed by atoms with E-state index in [2.05, 4.69) is 33.6 Å². The van der Waals surface area contributed by atoms with Crippen molar-refractivity contribution in [3.05, 3.63) is 57.5 Å². The maximum absolute atomic E-state index is 5.42. The highest BCUT2D eigenvalue weighted by atomic mass is 32.1. The number of hydrogen-bond donors (Lipinski definition) is 1. The number of anilines is 2. The van der Waals surface area contributed by atoms with Gasteiger partial charge in [-0.25, -0.2) is 9.97 Å². The van der Waals surface area contributed by atoms with Gasteiger partial charge in [-0.1, -0.05) is 0 Å². The van der Waals surface area contributed by atoms with E-state index in [1.54, 1.807) is 0 Å². The van der Waals surface area contributed by atoms with E-state index in [1.807, 2.05) is 35.7 Å². The normalized spacial score (nSPS) is 15.6. The Hall–Kier alpha value is -2.64. The van der Waals surface area contributed by atoms with Crippen LogP contribution in [0, 0.1) is 6.92 Å². The van der Waals surface area contributed by atoms with Gasteiger partial charge in [-0.3, -0.25) is 4.90 Å². The van der Waals surface area contributed by atoms with Gasteiger partial charge >= 0.3 is 0 Å². The highest BCUT2D eigenvalue weighted by molar-refractivity contribution is 7.10. The minimum Gasteiger partial charge on any atom is -0.454 e. The molecule has 2 aromatic heterocycles. The summed E-state index contributed by atoms with van der Waals surface area (Å²) in [5.41, 5.74) is 4.62. The molecule has 0 bridgehead atoms. The molecule has 1 aromatic carbocycles. The molecular formula is C20H20N4O2S. The van der Waals surface area contributed by atoms with E-state index >= 15 is 0 Å². The Morgan fingerprint density at radius 1 is 1.22 bits per heavy atom. The van der Waals surface area contributed by atoms with Crippen molar-refractivity contribution < 1.29 is 9.47 Å². The van der Waals surface area contributed by atoms with Gasteiger partial charge in [0.25, 0.3) is 0 Å². The van der Waals surface area contributed by atoms with Crippen molar-refractivity contribution in [2.24, 2.45) is 0 Å². The zero-order valence-electron chi connectivity index (χ0n) is 15.1. The third-order valence-corrected chi connectivity index (χ3v) is 5.98. The fourth-order valence-corrected chi connectivity index (χ4v) is 4.39. The number of hydrogen-bond acceptors (Lipinski definition) is 7. The van der Waals surface area contributed by atoms with Crippen LogP contribution in [0.5, 0.6) is 11.5 Å². The number of fused-ring (bicyclic) bond motifs is 2. The number of nitrogens with one attached hydrogen (secondary N) is 1. The van der Waals surface area contributed by atoms with Gasteiger partial charge in [0.05, 0.1) is 5.69 Å². The fraction of sp³-hybridized carbons (Fsp3) is 0.300. The van der Waals surface area contributed by atoms with Crippen molar-refractivity contribution in [2.75, 3.05) is 18.7 Å². The predicted octanol–water partition coefficient (Wildman–Crippen LogP) is 3.88. The first-order valence-electron chi connectivity index (χ1n) is 9.01. The van der Waals surface area contributed by atoms with E-state index in [0.717, 1.165) is 48.9 Å². The number of rotatable bonds is 4. The quantitative estimate of drug-likeness (QED) is 0.741. The molecule has 0 fully saturated rings. The lowest BCUT2D eigenvalue weighted by atomic mass is 10.1. The summed E-state index contributed by atoms with van der Waals surface area (Å²) in [5.74, 6) is 2.14. The van der Waals surface area contributed by atoms with E-state index in [4.69, 9.17) is 14.5 Å². The lowest BCUT2D eigenvalue weighted by Crippen LogP contribution is -2.30. The van der Waals surface area contributed by atoms with Crippen LogP contribution < -0.4 is 14.8 Å². The Balaban J connectivity index is 1.29. The summed E-state index contributed by atoms with van der Waals surface area (Å²) in [6.45, 7) is 5.37. The molecule has 1 N–H and O–H groups in total. The summed E-state index contributed by atoms with van der Waals surface area (Å²) in [6, 6.07) is 7.94. The van der Waals surface area contributed by atoms with E-state index in [1.165, 1.54) is 16.0 Å². The number of aromatic nitrogens is 2. The smallest absolute Gasteiger partial charge is 0.231 e. The van der Waals surface area contributed by atoms with Crippen molar-refractivity contribution in [3.8, 4) is 11.5 Å². The molecule has 2 aliphatic rings. The predicted molar refractivity (Wildman–Crippen MR) is 105 cm³/mol. The van der Waals surface area contributed by atoms with Crippen molar-refractivity contribution in [1.29, 1.82) is 0 Å². The summed E-state index contributed by atoms with van der Waals surface area (Å²) in [6.07, 6.45) is 2.89. The Morgan fingerprint density at radius 3 is 3.04 bits per heavy atom. The highest BCUT2D eigenvalue weighted by Gasteiger charge is 2.20. The van der Waals surface area contributed by atoms with Crippen LogP contribution in [-0.4, -0.2) is 28.2 Å². The first kappa shape index (κ1) is 16.5. The molecule has 138 valence electrons. The van der Waals surface area contributed by atoms with Gasteiger partial charge in [0, 0.05) is 54.4 Å².